The molecule has 0 aliphatic rings. The van der Waals surface area contributed by atoms with Crippen molar-refractivity contribution >= 4 is 21.8 Å². The molecule has 3 N–H and O–H groups in total. The highest BCUT2D eigenvalue weighted by Crippen LogP contribution is 2.08. The van der Waals surface area contributed by atoms with E-state index in [0.29, 0.717) is 12.2 Å². The lowest BCUT2D eigenvalue weighted by molar-refractivity contribution is 0.0690. The standard InChI is InChI=1S/C11H17N3O4S/c1-3-8(7-12-19(2,17)18)13-10-6-4-5-9(14-10)11(15)16/h4-6,8,12H,3,7H2,1-2H3,(H,13,14)(H,15,16). The minimum absolute atomic E-state index is 0.0593. The van der Waals surface area contributed by atoms with Crippen LogP contribution in [0.3, 0.4) is 0 Å². The number of aromatic nitrogens is 1. The summed E-state index contributed by atoms with van der Waals surface area (Å²) in [5.41, 5.74) is -0.0593. The summed E-state index contributed by atoms with van der Waals surface area (Å²) in [5, 5.41) is 11.8. The highest BCUT2D eigenvalue weighted by Gasteiger charge is 2.11. The number of carbonyl (C=O) groups is 1. The van der Waals surface area contributed by atoms with Gasteiger partial charge in [0.25, 0.3) is 0 Å². The first-order chi connectivity index (χ1) is 8.81. The summed E-state index contributed by atoms with van der Waals surface area (Å²) in [4.78, 5) is 14.7. The predicted molar refractivity (Wildman–Crippen MR) is 71.7 cm³/mol. The number of rotatable bonds is 7. The van der Waals surface area contributed by atoms with E-state index in [2.05, 4.69) is 15.0 Å². The number of nitrogens with one attached hydrogen (secondary N) is 2. The van der Waals surface area contributed by atoms with E-state index in [4.69, 9.17) is 5.11 Å². The Morgan fingerprint density at radius 1 is 1.47 bits per heavy atom. The number of hydrogen-bond acceptors (Lipinski definition) is 5. The molecule has 0 saturated carbocycles. The molecule has 7 nitrogen and oxygen atoms in total. The van der Waals surface area contributed by atoms with Crippen LogP contribution in [0.4, 0.5) is 5.82 Å². The van der Waals surface area contributed by atoms with E-state index in [1.54, 1.807) is 12.1 Å². The highest BCUT2D eigenvalue weighted by atomic mass is 32.2. The van der Waals surface area contributed by atoms with Crippen molar-refractivity contribution in [2.45, 2.75) is 19.4 Å². The molecule has 106 valence electrons. The fourth-order valence-corrected chi connectivity index (χ4v) is 1.90. The van der Waals surface area contributed by atoms with Gasteiger partial charge in [0.15, 0.2) is 5.69 Å². The lowest BCUT2D eigenvalue weighted by Gasteiger charge is -2.17. The van der Waals surface area contributed by atoms with E-state index in [9.17, 15) is 13.2 Å². The molecule has 0 amide bonds. The number of sulfonamides is 1. The van der Waals surface area contributed by atoms with E-state index in [-0.39, 0.29) is 18.3 Å². The second kappa shape index (κ2) is 6.48. The van der Waals surface area contributed by atoms with Crippen LogP contribution >= 0.6 is 0 Å². The molecular weight excluding hydrogens is 270 g/mol. The van der Waals surface area contributed by atoms with Gasteiger partial charge in [0, 0.05) is 12.6 Å². The van der Waals surface area contributed by atoms with Crippen molar-refractivity contribution in [1.29, 1.82) is 0 Å². The van der Waals surface area contributed by atoms with Gasteiger partial charge >= 0.3 is 5.97 Å². The lowest BCUT2D eigenvalue weighted by Crippen LogP contribution is -2.35. The summed E-state index contributed by atoms with van der Waals surface area (Å²) in [7, 11) is -3.25. The van der Waals surface area contributed by atoms with Gasteiger partial charge in [-0.2, -0.15) is 0 Å². The van der Waals surface area contributed by atoms with Crippen LogP contribution in [0, 0.1) is 0 Å². The van der Waals surface area contributed by atoms with Gasteiger partial charge in [-0.15, -0.1) is 0 Å². The Morgan fingerprint density at radius 3 is 2.68 bits per heavy atom. The van der Waals surface area contributed by atoms with Crippen molar-refractivity contribution in [2.75, 3.05) is 18.1 Å². The normalized spacial score (nSPS) is 12.9. The largest absolute Gasteiger partial charge is 0.477 e. The maximum absolute atomic E-state index is 11.0. The summed E-state index contributed by atoms with van der Waals surface area (Å²) in [6, 6.07) is 4.44. The number of nitrogens with zero attached hydrogens (tertiary/aromatic N) is 1. The molecule has 0 aliphatic heterocycles. The first kappa shape index (κ1) is 15.4. The van der Waals surface area contributed by atoms with Crippen molar-refractivity contribution in [1.82, 2.24) is 9.71 Å². The number of pyridine rings is 1. The zero-order chi connectivity index (χ0) is 14.5. The number of aromatic carboxylic acids is 1. The highest BCUT2D eigenvalue weighted by molar-refractivity contribution is 7.88. The number of carboxylic acid groups (broad SMARTS) is 1. The molecule has 0 radical (unpaired) electrons. The first-order valence-electron chi connectivity index (χ1n) is 5.73. The SMILES string of the molecule is CCC(CNS(C)(=O)=O)Nc1cccc(C(=O)O)n1. The molecule has 1 rings (SSSR count). The molecular formula is C11H17N3O4S. The van der Waals surface area contributed by atoms with Gasteiger partial charge in [-0.25, -0.2) is 22.9 Å². The minimum Gasteiger partial charge on any atom is -0.477 e. The van der Waals surface area contributed by atoms with Gasteiger partial charge in [0.2, 0.25) is 10.0 Å². The van der Waals surface area contributed by atoms with E-state index >= 15 is 0 Å². The Hall–Kier alpha value is -1.67. The van der Waals surface area contributed by atoms with Crippen molar-refractivity contribution in [3.8, 4) is 0 Å². The average molecular weight is 287 g/mol. The molecule has 0 aliphatic carbocycles. The molecule has 0 spiro atoms. The number of anilines is 1. The third kappa shape index (κ3) is 5.66. The maximum Gasteiger partial charge on any atom is 0.354 e. The summed E-state index contributed by atoms with van der Waals surface area (Å²) in [6.45, 7) is 2.11. The van der Waals surface area contributed by atoms with Crippen LogP contribution in [0.15, 0.2) is 18.2 Å². The third-order valence-corrected chi connectivity index (χ3v) is 3.10. The van der Waals surface area contributed by atoms with Crippen LogP contribution in [-0.4, -0.2) is 43.3 Å². The second-order valence-corrected chi connectivity index (χ2v) is 5.92. The Morgan fingerprint density at radius 2 is 2.16 bits per heavy atom. The van der Waals surface area contributed by atoms with Crippen LogP contribution < -0.4 is 10.0 Å². The molecule has 0 aromatic carbocycles. The lowest BCUT2D eigenvalue weighted by atomic mass is 10.2. The van der Waals surface area contributed by atoms with E-state index < -0.39 is 16.0 Å². The van der Waals surface area contributed by atoms with E-state index in [1.807, 2.05) is 6.92 Å². The van der Waals surface area contributed by atoms with Crippen LogP contribution in [0.1, 0.15) is 23.8 Å². The van der Waals surface area contributed by atoms with Crippen molar-refractivity contribution in [2.24, 2.45) is 0 Å². The molecule has 1 aromatic heterocycles. The quantitative estimate of drug-likeness (QED) is 0.674. The fraction of sp³-hybridized carbons (Fsp3) is 0.455. The topological polar surface area (TPSA) is 108 Å². The summed E-state index contributed by atoms with van der Waals surface area (Å²) >= 11 is 0. The molecule has 0 bridgehead atoms. The predicted octanol–water partition coefficient (Wildman–Crippen LogP) is 0.519. The molecule has 0 fully saturated rings. The molecule has 1 unspecified atom stereocenters. The van der Waals surface area contributed by atoms with Crippen molar-refractivity contribution in [3.63, 3.8) is 0 Å². The van der Waals surface area contributed by atoms with Gasteiger partial charge < -0.3 is 10.4 Å². The smallest absolute Gasteiger partial charge is 0.354 e. The van der Waals surface area contributed by atoms with Gasteiger partial charge in [0.1, 0.15) is 5.82 Å². The maximum atomic E-state index is 11.0. The van der Waals surface area contributed by atoms with Crippen molar-refractivity contribution in [3.05, 3.63) is 23.9 Å². The Bertz CT molecular complexity index is 545. The molecule has 8 heteroatoms. The number of hydrogen-bond donors (Lipinski definition) is 3. The Balaban J connectivity index is 2.70. The molecule has 1 aromatic rings. The Kier molecular flexibility index (Phi) is 5.25. The zero-order valence-corrected chi connectivity index (χ0v) is 11.6. The molecule has 1 atom stereocenters. The van der Waals surface area contributed by atoms with Crippen molar-refractivity contribution < 1.29 is 18.3 Å². The van der Waals surface area contributed by atoms with Gasteiger partial charge in [0.05, 0.1) is 6.26 Å². The molecule has 19 heavy (non-hydrogen) atoms. The van der Waals surface area contributed by atoms with Crippen LogP contribution in [0.2, 0.25) is 0 Å². The monoisotopic (exact) mass is 287 g/mol. The molecule has 0 saturated heterocycles. The van der Waals surface area contributed by atoms with E-state index in [0.717, 1.165) is 6.26 Å². The Labute approximate surface area is 112 Å². The zero-order valence-electron chi connectivity index (χ0n) is 10.8. The van der Waals surface area contributed by atoms with Gasteiger partial charge in [-0.1, -0.05) is 13.0 Å². The third-order valence-electron chi connectivity index (χ3n) is 2.40. The van der Waals surface area contributed by atoms with Crippen LogP contribution in [0.5, 0.6) is 0 Å². The van der Waals surface area contributed by atoms with Crippen LogP contribution in [-0.2, 0) is 10.0 Å². The fourth-order valence-electron chi connectivity index (χ4n) is 1.39. The molecule has 1 heterocycles. The van der Waals surface area contributed by atoms with Gasteiger partial charge in [-0.3, -0.25) is 0 Å². The number of carboxylic acids is 1. The van der Waals surface area contributed by atoms with E-state index in [1.165, 1.54) is 6.07 Å². The summed E-state index contributed by atoms with van der Waals surface area (Å²) < 4.78 is 24.4. The average Bonchev–Trinajstić information content (AvgIpc) is 2.33. The first-order valence-corrected chi connectivity index (χ1v) is 7.62. The summed E-state index contributed by atoms with van der Waals surface area (Å²) in [5.74, 6) is -0.701. The van der Waals surface area contributed by atoms with Gasteiger partial charge in [-0.05, 0) is 18.6 Å². The van der Waals surface area contributed by atoms with Crippen LogP contribution in [0.25, 0.3) is 0 Å². The second-order valence-electron chi connectivity index (χ2n) is 4.08. The minimum atomic E-state index is -3.25. The summed E-state index contributed by atoms with van der Waals surface area (Å²) in [6.07, 6.45) is 1.75.